The molecule has 7 nitrogen and oxygen atoms in total. The van der Waals surface area contributed by atoms with Gasteiger partial charge in [-0.1, -0.05) is 6.07 Å². The molecule has 1 amide bonds. The van der Waals surface area contributed by atoms with Gasteiger partial charge in [0.15, 0.2) is 17.1 Å². The number of ether oxygens (including phenoxy) is 2. The summed E-state index contributed by atoms with van der Waals surface area (Å²) in [7, 11) is 0. The SMILES string of the molecule is Cc1cc(-c2cccc3c2OCO3)nc2c(C(=O)NC(C3CC3)C(F)(F)F)cnn12. The molecular weight excluding hydrogens is 401 g/mol. The molecule has 0 saturated heterocycles. The lowest BCUT2D eigenvalue weighted by Crippen LogP contribution is -2.46. The van der Waals surface area contributed by atoms with E-state index >= 15 is 0 Å². The molecule has 0 radical (unpaired) electrons. The molecule has 2 aromatic heterocycles. The summed E-state index contributed by atoms with van der Waals surface area (Å²) in [4.78, 5) is 17.2. The second kappa shape index (κ2) is 6.61. The van der Waals surface area contributed by atoms with Crippen LogP contribution in [0.25, 0.3) is 16.9 Å². The molecule has 0 bridgehead atoms. The number of amides is 1. The molecule has 1 unspecified atom stereocenters. The van der Waals surface area contributed by atoms with Gasteiger partial charge < -0.3 is 14.8 Å². The number of halogens is 3. The van der Waals surface area contributed by atoms with E-state index in [-0.39, 0.29) is 18.0 Å². The number of nitrogens with one attached hydrogen (secondary N) is 1. The average Bonchev–Trinajstić information content (AvgIpc) is 3.23. The number of hydrogen-bond donors (Lipinski definition) is 1. The van der Waals surface area contributed by atoms with Crippen molar-refractivity contribution in [2.75, 3.05) is 6.79 Å². The average molecular weight is 418 g/mol. The first kappa shape index (κ1) is 18.7. The summed E-state index contributed by atoms with van der Waals surface area (Å²) in [5, 5.41) is 6.26. The van der Waals surface area contributed by atoms with E-state index in [1.807, 2.05) is 0 Å². The van der Waals surface area contributed by atoms with Gasteiger partial charge in [-0.05, 0) is 43.9 Å². The van der Waals surface area contributed by atoms with Crippen LogP contribution in [-0.4, -0.2) is 39.5 Å². The summed E-state index contributed by atoms with van der Waals surface area (Å²) in [6.45, 7) is 1.87. The molecule has 1 fully saturated rings. The van der Waals surface area contributed by atoms with Crippen LogP contribution < -0.4 is 14.8 Å². The first-order valence-electron chi connectivity index (χ1n) is 9.45. The Morgan fingerprint density at radius 1 is 1.30 bits per heavy atom. The van der Waals surface area contributed by atoms with Gasteiger partial charge in [0.25, 0.3) is 5.91 Å². The Morgan fingerprint density at radius 2 is 2.10 bits per heavy atom. The van der Waals surface area contributed by atoms with Crippen LogP contribution in [0.2, 0.25) is 0 Å². The highest BCUT2D eigenvalue weighted by molar-refractivity contribution is 6.00. The van der Waals surface area contributed by atoms with Crippen LogP contribution in [-0.2, 0) is 0 Å². The lowest BCUT2D eigenvalue weighted by Gasteiger charge is -2.20. The molecule has 10 heteroatoms. The summed E-state index contributed by atoms with van der Waals surface area (Å²) in [5.41, 5.74) is 2.00. The number of benzene rings is 1. The Balaban J connectivity index is 1.55. The summed E-state index contributed by atoms with van der Waals surface area (Å²) >= 11 is 0. The topological polar surface area (TPSA) is 77.8 Å². The van der Waals surface area contributed by atoms with Crippen LogP contribution in [0, 0.1) is 12.8 Å². The van der Waals surface area contributed by atoms with Crippen molar-refractivity contribution in [3.05, 3.63) is 41.7 Å². The number of carbonyl (C=O) groups is 1. The summed E-state index contributed by atoms with van der Waals surface area (Å²) in [6.07, 6.45) is -2.37. The van der Waals surface area contributed by atoms with Crippen molar-refractivity contribution >= 4 is 11.6 Å². The van der Waals surface area contributed by atoms with Crippen LogP contribution in [0.4, 0.5) is 13.2 Å². The molecule has 30 heavy (non-hydrogen) atoms. The Kier molecular flexibility index (Phi) is 4.12. The number of nitrogens with zero attached hydrogens (tertiary/aromatic N) is 3. The molecule has 1 aliphatic carbocycles. The molecular formula is C20H17F3N4O3. The quantitative estimate of drug-likeness (QED) is 0.702. The number of alkyl halides is 3. The molecule has 1 aromatic carbocycles. The fourth-order valence-electron chi connectivity index (χ4n) is 3.66. The van der Waals surface area contributed by atoms with E-state index in [4.69, 9.17) is 9.47 Å². The molecule has 0 spiro atoms. The van der Waals surface area contributed by atoms with E-state index < -0.39 is 24.0 Å². The molecule has 5 rings (SSSR count). The van der Waals surface area contributed by atoms with E-state index in [2.05, 4.69) is 15.4 Å². The molecule has 3 heterocycles. The minimum Gasteiger partial charge on any atom is -0.454 e. The van der Waals surface area contributed by atoms with Gasteiger partial charge in [0.2, 0.25) is 6.79 Å². The van der Waals surface area contributed by atoms with Crippen LogP contribution in [0.3, 0.4) is 0 Å². The van der Waals surface area contributed by atoms with Crippen LogP contribution in [0.5, 0.6) is 11.5 Å². The summed E-state index contributed by atoms with van der Waals surface area (Å²) in [6, 6.07) is 5.25. The molecule has 1 saturated carbocycles. The fourth-order valence-corrected chi connectivity index (χ4v) is 3.66. The standard InChI is InChI=1S/C20H17F3N4O3/c1-10-7-14(12-3-2-4-15-16(12)30-9-29-15)25-18-13(8-24-27(10)18)19(28)26-17(11-5-6-11)20(21,22)23/h2-4,7-8,11,17H,5-6,9H2,1H3,(H,26,28). The van der Waals surface area contributed by atoms with Gasteiger partial charge in [-0.2, -0.15) is 18.3 Å². The van der Waals surface area contributed by atoms with Gasteiger partial charge in [0, 0.05) is 11.3 Å². The van der Waals surface area contributed by atoms with E-state index in [0.717, 1.165) is 0 Å². The van der Waals surface area contributed by atoms with Crippen molar-refractivity contribution in [2.45, 2.75) is 32.0 Å². The Hall–Kier alpha value is -3.30. The first-order chi connectivity index (χ1) is 14.3. The lowest BCUT2D eigenvalue weighted by molar-refractivity contribution is -0.158. The molecule has 156 valence electrons. The maximum absolute atomic E-state index is 13.3. The number of carbonyl (C=O) groups excluding carboxylic acids is 1. The number of para-hydroxylation sites is 1. The number of fused-ring (bicyclic) bond motifs is 2. The second-order valence-corrected chi connectivity index (χ2v) is 7.45. The summed E-state index contributed by atoms with van der Waals surface area (Å²) < 4.78 is 52.3. The van der Waals surface area contributed by atoms with E-state index in [9.17, 15) is 18.0 Å². The monoisotopic (exact) mass is 418 g/mol. The number of rotatable bonds is 4. The van der Waals surface area contributed by atoms with Crippen molar-refractivity contribution in [1.29, 1.82) is 0 Å². The fraction of sp³-hybridized carbons (Fsp3) is 0.350. The lowest BCUT2D eigenvalue weighted by atomic mass is 10.1. The maximum Gasteiger partial charge on any atom is 0.408 e. The van der Waals surface area contributed by atoms with Gasteiger partial charge in [-0.3, -0.25) is 4.79 Å². The second-order valence-electron chi connectivity index (χ2n) is 7.45. The third-order valence-corrected chi connectivity index (χ3v) is 5.30. The predicted octanol–water partition coefficient (Wildman–Crippen LogP) is 3.50. The zero-order valence-electron chi connectivity index (χ0n) is 15.9. The number of aryl methyl sites for hydroxylation is 1. The van der Waals surface area contributed by atoms with E-state index in [0.29, 0.717) is 41.3 Å². The molecule has 1 atom stereocenters. The molecule has 1 aliphatic heterocycles. The van der Waals surface area contributed by atoms with Crippen molar-refractivity contribution in [3.63, 3.8) is 0 Å². The van der Waals surface area contributed by atoms with Gasteiger partial charge in [-0.15, -0.1) is 0 Å². The van der Waals surface area contributed by atoms with Crippen molar-refractivity contribution in [1.82, 2.24) is 19.9 Å². The van der Waals surface area contributed by atoms with Crippen molar-refractivity contribution in [3.8, 4) is 22.8 Å². The molecule has 3 aromatic rings. The highest BCUT2D eigenvalue weighted by atomic mass is 19.4. The Labute approximate surface area is 168 Å². The summed E-state index contributed by atoms with van der Waals surface area (Å²) in [5.74, 6) is -0.313. The van der Waals surface area contributed by atoms with Gasteiger partial charge in [0.1, 0.15) is 11.6 Å². The maximum atomic E-state index is 13.3. The zero-order valence-corrected chi connectivity index (χ0v) is 15.9. The third kappa shape index (κ3) is 3.12. The van der Waals surface area contributed by atoms with Crippen molar-refractivity contribution in [2.24, 2.45) is 5.92 Å². The normalized spacial score (nSPS) is 16.7. The number of hydrogen-bond acceptors (Lipinski definition) is 5. The smallest absolute Gasteiger partial charge is 0.408 e. The van der Waals surface area contributed by atoms with Crippen molar-refractivity contribution < 1.29 is 27.4 Å². The molecule has 2 aliphatic rings. The number of aromatic nitrogens is 3. The van der Waals surface area contributed by atoms with Crippen LogP contribution in [0.1, 0.15) is 28.9 Å². The highest BCUT2D eigenvalue weighted by Crippen LogP contribution is 2.41. The minimum absolute atomic E-state index is 0.0143. The predicted molar refractivity (Wildman–Crippen MR) is 99.3 cm³/mol. The van der Waals surface area contributed by atoms with E-state index in [1.165, 1.54) is 10.7 Å². The third-order valence-electron chi connectivity index (χ3n) is 5.30. The van der Waals surface area contributed by atoms with Gasteiger partial charge in [-0.25, -0.2) is 9.50 Å². The van der Waals surface area contributed by atoms with Crippen LogP contribution >= 0.6 is 0 Å². The Morgan fingerprint density at radius 3 is 2.83 bits per heavy atom. The van der Waals surface area contributed by atoms with Crippen LogP contribution in [0.15, 0.2) is 30.5 Å². The largest absolute Gasteiger partial charge is 0.454 e. The van der Waals surface area contributed by atoms with Gasteiger partial charge in [0.05, 0.1) is 11.9 Å². The minimum atomic E-state index is -4.50. The van der Waals surface area contributed by atoms with Gasteiger partial charge >= 0.3 is 6.18 Å². The first-order valence-corrected chi connectivity index (χ1v) is 9.45. The van der Waals surface area contributed by atoms with E-state index in [1.54, 1.807) is 31.2 Å². The Bertz CT molecular complexity index is 1150. The molecule has 1 N–H and O–H groups in total. The highest BCUT2D eigenvalue weighted by Gasteiger charge is 2.49. The zero-order chi connectivity index (χ0) is 21.0.